The Bertz CT molecular complexity index is 611. The highest BCUT2D eigenvalue weighted by atomic mass is 32.2. The number of carboxylic acid groups (broad SMARTS) is 1. The molecule has 2 N–H and O–H groups in total. The molecule has 2 aliphatic carbocycles. The van der Waals surface area contributed by atoms with Crippen molar-refractivity contribution in [1.82, 2.24) is 4.72 Å². The molecular weight excluding hydrogens is 286 g/mol. The molecule has 3 rings (SSSR count). The standard InChI is InChI=1S/C12H15NO4S2/c14-11(15)10-5-9(6-18-10)19(16,17)13-7-12(3-4-12)8-1-2-8/h5-6,8,13H,1-4,7H2,(H,14,15). The highest BCUT2D eigenvalue weighted by Crippen LogP contribution is 2.60. The van der Waals surface area contributed by atoms with Crippen LogP contribution in [-0.2, 0) is 10.0 Å². The first-order valence-corrected chi connectivity index (χ1v) is 8.61. The van der Waals surface area contributed by atoms with E-state index in [1.54, 1.807) is 0 Å². The van der Waals surface area contributed by atoms with Crippen LogP contribution in [0.15, 0.2) is 16.3 Å². The van der Waals surface area contributed by atoms with Crippen molar-refractivity contribution in [2.24, 2.45) is 11.3 Å². The van der Waals surface area contributed by atoms with Crippen molar-refractivity contribution < 1.29 is 18.3 Å². The van der Waals surface area contributed by atoms with Gasteiger partial charge in [-0.2, -0.15) is 0 Å². The van der Waals surface area contributed by atoms with Crippen molar-refractivity contribution in [3.63, 3.8) is 0 Å². The van der Waals surface area contributed by atoms with E-state index in [9.17, 15) is 13.2 Å². The van der Waals surface area contributed by atoms with E-state index in [2.05, 4.69) is 4.72 Å². The summed E-state index contributed by atoms with van der Waals surface area (Å²) >= 11 is 0.933. The predicted molar refractivity (Wildman–Crippen MR) is 70.9 cm³/mol. The topological polar surface area (TPSA) is 83.5 Å². The summed E-state index contributed by atoms with van der Waals surface area (Å²) in [6.45, 7) is 0.484. The first kappa shape index (κ1) is 13.1. The SMILES string of the molecule is O=C(O)c1cc(S(=O)(=O)NCC2(C3CC3)CC2)cs1. The molecule has 2 saturated carbocycles. The van der Waals surface area contributed by atoms with Crippen LogP contribution in [0.1, 0.15) is 35.4 Å². The van der Waals surface area contributed by atoms with Crippen LogP contribution in [-0.4, -0.2) is 26.0 Å². The predicted octanol–water partition coefficient (Wildman–Crippen LogP) is 1.91. The van der Waals surface area contributed by atoms with Crippen molar-refractivity contribution in [1.29, 1.82) is 0 Å². The van der Waals surface area contributed by atoms with Crippen LogP contribution in [0.2, 0.25) is 0 Å². The third kappa shape index (κ3) is 2.54. The lowest BCUT2D eigenvalue weighted by molar-refractivity contribution is 0.0702. The fraction of sp³-hybridized carbons (Fsp3) is 0.583. The number of carboxylic acids is 1. The molecule has 19 heavy (non-hydrogen) atoms. The smallest absolute Gasteiger partial charge is 0.345 e. The van der Waals surface area contributed by atoms with Gasteiger partial charge < -0.3 is 5.11 Å². The van der Waals surface area contributed by atoms with Gasteiger partial charge in [0.1, 0.15) is 4.88 Å². The lowest BCUT2D eigenvalue weighted by Crippen LogP contribution is -2.31. The Kier molecular flexibility index (Phi) is 2.95. The van der Waals surface area contributed by atoms with Gasteiger partial charge in [0.2, 0.25) is 10.0 Å². The minimum Gasteiger partial charge on any atom is -0.477 e. The van der Waals surface area contributed by atoms with Gasteiger partial charge in [0.05, 0.1) is 4.90 Å². The van der Waals surface area contributed by atoms with E-state index in [0.29, 0.717) is 12.5 Å². The zero-order valence-corrected chi connectivity index (χ0v) is 11.9. The monoisotopic (exact) mass is 301 g/mol. The molecule has 2 aliphatic rings. The minimum atomic E-state index is -3.57. The van der Waals surface area contributed by atoms with Crippen molar-refractivity contribution in [3.05, 3.63) is 16.3 Å². The van der Waals surface area contributed by atoms with E-state index in [1.807, 2.05) is 0 Å². The maximum Gasteiger partial charge on any atom is 0.345 e. The van der Waals surface area contributed by atoms with E-state index in [0.717, 1.165) is 24.2 Å². The number of carbonyl (C=O) groups is 1. The first-order valence-electron chi connectivity index (χ1n) is 6.24. The Hall–Kier alpha value is -0.920. The molecule has 0 amide bonds. The molecule has 104 valence electrons. The number of thiophene rings is 1. The summed E-state index contributed by atoms with van der Waals surface area (Å²) in [5.41, 5.74) is 0.193. The lowest BCUT2D eigenvalue weighted by Gasteiger charge is -2.14. The molecule has 0 saturated heterocycles. The zero-order chi connectivity index (χ0) is 13.7. The third-order valence-electron chi connectivity index (χ3n) is 4.05. The van der Waals surface area contributed by atoms with Crippen molar-refractivity contribution in [2.75, 3.05) is 6.54 Å². The highest BCUT2D eigenvalue weighted by Gasteiger charge is 2.53. The average Bonchev–Trinajstić information content (AvgIpc) is 3.24. The van der Waals surface area contributed by atoms with Crippen LogP contribution in [0.4, 0.5) is 0 Å². The maximum atomic E-state index is 12.1. The quantitative estimate of drug-likeness (QED) is 0.841. The van der Waals surface area contributed by atoms with Crippen molar-refractivity contribution in [2.45, 2.75) is 30.6 Å². The second-order valence-electron chi connectivity index (χ2n) is 5.41. The summed E-state index contributed by atoms with van der Waals surface area (Å²) in [7, 11) is -3.57. The van der Waals surface area contributed by atoms with Crippen LogP contribution in [0.3, 0.4) is 0 Å². The molecular formula is C12H15NO4S2. The molecule has 1 aromatic rings. The number of hydrogen-bond acceptors (Lipinski definition) is 4. The van der Waals surface area contributed by atoms with Crippen molar-refractivity contribution >= 4 is 27.3 Å². The normalized spacial score (nSPS) is 21.3. The van der Waals surface area contributed by atoms with Crippen LogP contribution >= 0.6 is 11.3 Å². The van der Waals surface area contributed by atoms with Crippen molar-refractivity contribution in [3.8, 4) is 0 Å². The molecule has 0 bridgehead atoms. The van der Waals surface area contributed by atoms with Gasteiger partial charge in [-0.3, -0.25) is 0 Å². The van der Waals surface area contributed by atoms with Gasteiger partial charge in [0, 0.05) is 11.9 Å². The van der Waals surface area contributed by atoms with E-state index >= 15 is 0 Å². The molecule has 0 radical (unpaired) electrons. The van der Waals surface area contributed by atoms with Gasteiger partial charge in [0.15, 0.2) is 0 Å². The Morgan fingerprint density at radius 2 is 2.16 bits per heavy atom. The van der Waals surface area contributed by atoms with Crippen LogP contribution in [0, 0.1) is 11.3 Å². The van der Waals surface area contributed by atoms with E-state index in [4.69, 9.17) is 5.11 Å². The Labute approximate surface area is 115 Å². The third-order valence-corrected chi connectivity index (χ3v) is 6.49. The van der Waals surface area contributed by atoms with Crippen LogP contribution in [0.25, 0.3) is 0 Å². The Balaban J connectivity index is 1.69. The van der Waals surface area contributed by atoms with Gasteiger partial charge >= 0.3 is 5.97 Å². The zero-order valence-electron chi connectivity index (χ0n) is 10.3. The summed E-state index contributed by atoms with van der Waals surface area (Å²) in [5.74, 6) is -0.407. The molecule has 0 spiro atoms. The van der Waals surface area contributed by atoms with Gasteiger partial charge in [-0.25, -0.2) is 17.9 Å². The molecule has 1 heterocycles. The highest BCUT2D eigenvalue weighted by molar-refractivity contribution is 7.89. The van der Waals surface area contributed by atoms with E-state index < -0.39 is 16.0 Å². The fourth-order valence-electron chi connectivity index (χ4n) is 2.48. The second kappa shape index (κ2) is 4.29. The lowest BCUT2D eigenvalue weighted by atomic mass is 10.0. The van der Waals surface area contributed by atoms with E-state index in [-0.39, 0.29) is 15.2 Å². The minimum absolute atomic E-state index is 0.0451. The molecule has 0 aromatic carbocycles. The summed E-state index contributed by atoms with van der Waals surface area (Å²) < 4.78 is 26.8. The van der Waals surface area contributed by atoms with Crippen LogP contribution < -0.4 is 4.72 Å². The molecule has 0 aliphatic heterocycles. The summed E-state index contributed by atoms with van der Waals surface area (Å²) in [6, 6.07) is 1.21. The van der Waals surface area contributed by atoms with Gasteiger partial charge in [-0.05, 0) is 43.1 Å². The number of sulfonamides is 1. The van der Waals surface area contributed by atoms with Crippen LogP contribution in [0.5, 0.6) is 0 Å². The number of rotatable bonds is 6. The van der Waals surface area contributed by atoms with E-state index in [1.165, 1.54) is 24.3 Å². The number of hydrogen-bond donors (Lipinski definition) is 2. The molecule has 2 fully saturated rings. The number of aromatic carboxylic acids is 1. The molecule has 0 unspecified atom stereocenters. The summed E-state index contributed by atoms with van der Waals surface area (Å²) in [4.78, 5) is 10.9. The van der Waals surface area contributed by atoms with Gasteiger partial charge in [-0.15, -0.1) is 11.3 Å². The summed E-state index contributed by atoms with van der Waals surface area (Å²) in [6.07, 6.45) is 4.63. The molecule has 5 nitrogen and oxygen atoms in total. The molecule has 1 aromatic heterocycles. The Morgan fingerprint density at radius 1 is 1.47 bits per heavy atom. The maximum absolute atomic E-state index is 12.1. The van der Waals surface area contributed by atoms with Gasteiger partial charge in [0.25, 0.3) is 0 Å². The second-order valence-corrected chi connectivity index (χ2v) is 8.09. The molecule has 7 heteroatoms. The number of nitrogens with one attached hydrogen (secondary N) is 1. The van der Waals surface area contributed by atoms with Gasteiger partial charge in [-0.1, -0.05) is 0 Å². The molecule has 0 atom stereocenters. The largest absolute Gasteiger partial charge is 0.477 e. The Morgan fingerprint density at radius 3 is 2.63 bits per heavy atom. The average molecular weight is 301 g/mol. The summed E-state index contributed by atoms with van der Waals surface area (Å²) in [5, 5.41) is 10.2. The first-order chi connectivity index (χ1) is 8.93. The fourth-order valence-corrected chi connectivity index (χ4v) is 4.73.